The minimum atomic E-state index is -0.00527. The second-order valence-corrected chi connectivity index (χ2v) is 5.85. The number of aromatic nitrogens is 1. The molecule has 0 spiro atoms. The van der Waals surface area contributed by atoms with E-state index in [1.54, 1.807) is 6.07 Å². The molecule has 1 N–H and O–H groups in total. The maximum absolute atomic E-state index is 11.9. The third-order valence-corrected chi connectivity index (χ3v) is 4.01. The van der Waals surface area contributed by atoms with Gasteiger partial charge in [0.05, 0.1) is 12.1 Å². The Morgan fingerprint density at radius 3 is 2.95 bits per heavy atom. The lowest BCUT2D eigenvalue weighted by atomic mass is 10.1. The van der Waals surface area contributed by atoms with Crippen LogP contribution in [0, 0.1) is 12.8 Å². The molecule has 1 aromatic carbocycles. The van der Waals surface area contributed by atoms with Gasteiger partial charge in [0, 0.05) is 31.4 Å². The summed E-state index contributed by atoms with van der Waals surface area (Å²) in [7, 11) is 0. The van der Waals surface area contributed by atoms with E-state index >= 15 is 0 Å². The molecule has 5 nitrogen and oxygen atoms in total. The summed E-state index contributed by atoms with van der Waals surface area (Å²) in [5.74, 6) is 1.11. The average Bonchev–Trinajstić information content (AvgIpc) is 3.15. The van der Waals surface area contributed by atoms with Crippen molar-refractivity contribution in [3.63, 3.8) is 0 Å². The van der Waals surface area contributed by atoms with E-state index in [9.17, 15) is 4.79 Å². The van der Waals surface area contributed by atoms with Gasteiger partial charge in [-0.2, -0.15) is 0 Å². The molecule has 1 aliphatic heterocycles. The minimum absolute atomic E-state index is 0.00527. The zero-order valence-electron chi connectivity index (χ0n) is 12.8. The summed E-state index contributed by atoms with van der Waals surface area (Å²) in [6.45, 7) is 4.61. The Kier molecular flexibility index (Phi) is 4.42. The molecule has 0 saturated carbocycles. The Morgan fingerprint density at radius 1 is 1.41 bits per heavy atom. The number of hydrogen-bond acceptors (Lipinski definition) is 4. The first kappa shape index (κ1) is 14.6. The number of amides is 1. The second kappa shape index (κ2) is 6.64. The molecule has 1 aromatic heterocycles. The number of carbonyl (C=O) groups excluding carboxylic acids is 1. The number of nitrogens with one attached hydrogen (secondary N) is 1. The fourth-order valence-corrected chi connectivity index (χ4v) is 2.85. The molecule has 0 unspecified atom stereocenters. The van der Waals surface area contributed by atoms with Crippen LogP contribution in [0.1, 0.15) is 17.9 Å². The van der Waals surface area contributed by atoms with Gasteiger partial charge in [-0.05, 0) is 31.4 Å². The van der Waals surface area contributed by atoms with E-state index in [1.807, 2.05) is 13.0 Å². The molecule has 1 atom stereocenters. The van der Waals surface area contributed by atoms with Gasteiger partial charge in [0.25, 0.3) is 0 Å². The lowest BCUT2D eigenvalue weighted by Crippen LogP contribution is -2.31. The highest BCUT2D eigenvalue weighted by Gasteiger charge is 2.23. The molecule has 3 rings (SSSR count). The van der Waals surface area contributed by atoms with Crippen molar-refractivity contribution in [1.29, 1.82) is 0 Å². The van der Waals surface area contributed by atoms with Crippen molar-refractivity contribution in [2.45, 2.75) is 19.8 Å². The van der Waals surface area contributed by atoms with Gasteiger partial charge in [0.2, 0.25) is 5.91 Å². The van der Waals surface area contributed by atoms with Crippen LogP contribution in [-0.4, -0.2) is 30.7 Å². The van der Waals surface area contributed by atoms with Crippen LogP contribution in [0.3, 0.4) is 0 Å². The van der Waals surface area contributed by atoms with Gasteiger partial charge in [-0.15, -0.1) is 0 Å². The Morgan fingerprint density at radius 2 is 2.23 bits per heavy atom. The van der Waals surface area contributed by atoms with E-state index in [1.165, 1.54) is 5.69 Å². The quantitative estimate of drug-likeness (QED) is 0.919. The van der Waals surface area contributed by atoms with Crippen molar-refractivity contribution in [3.05, 3.63) is 47.9 Å². The molecule has 0 aliphatic carbocycles. The number of rotatable bonds is 5. The SMILES string of the molecule is Cc1cc(CC(=O)NC[C@H]2CCN(c3ccccc3)C2)on1. The number of benzene rings is 1. The monoisotopic (exact) mass is 299 g/mol. The summed E-state index contributed by atoms with van der Waals surface area (Å²) >= 11 is 0. The Labute approximate surface area is 130 Å². The van der Waals surface area contributed by atoms with Crippen molar-refractivity contribution in [2.75, 3.05) is 24.5 Å². The predicted molar refractivity (Wildman–Crippen MR) is 84.7 cm³/mol. The van der Waals surface area contributed by atoms with Crippen LogP contribution in [0.25, 0.3) is 0 Å². The summed E-state index contributed by atoms with van der Waals surface area (Å²) in [6, 6.07) is 12.2. The Balaban J connectivity index is 1.44. The second-order valence-electron chi connectivity index (χ2n) is 5.85. The van der Waals surface area contributed by atoms with Gasteiger partial charge >= 0.3 is 0 Å². The lowest BCUT2D eigenvalue weighted by molar-refractivity contribution is -0.120. The molecule has 22 heavy (non-hydrogen) atoms. The standard InChI is InChI=1S/C17H21N3O2/c1-13-9-16(22-19-13)10-17(21)18-11-14-7-8-20(12-14)15-5-3-2-4-6-15/h2-6,9,14H,7-8,10-12H2,1H3,(H,18,21)/t14-/m1/s1. The van der Waals surface area contributed by atoms with Crippen LogP contribution in [0.5, 0.6) is 0 Å². The van der Waals surface area contributed by atoms with Crippen molar-refractivity contribution in [2.24, 2.45) is 5.92 Å². The molecule has 0 radical (unpaired) electrons. The third-order valence-electron chi connectivity index (χ3n) is 4.01. The van der Waals surface area contributed by atoms with Crippen LogP contribution in [-0.2, 0) is 11.2 Å². The van der Waals surface area contributed by atoms with Crippen molar-refractivity contribution in [3.8, 4) is 0 Å². The number of carbonyl (C=O) groups is 1. The minimum Gasteiger partial charge on any atom is -0.371 e. The molecule has 0 bridgehead atoms. The summed E-state index contributed by atoms with van der Waals surface area (Å²) in [5.41, 5.74) is 2.06. The van der Waals surface area contributed by atoms with Crippen molar-refractivity contribution in [1.82, 2.24) is 10.5 Å². The molecule has 1 saturated heterocycles. The maximum atomic E-state index is 11.9. The Hall–Kier alpha value is -2.30. The smallest absolute Gasteiger partial charge is 0.227 e. The molecule has 1 aliphatic rings. The first-order valence-electron chi connectivity index (χ1n) is 7.69. The Bertz CT molecular complexity index is 624. The summed E-state index contributed by atoms with van der Waals surface area (Å²) in [6.07, 6.45) is 1.37. The molecule has 2 heterocycles. The molecular weight excluding hydrogens is 278 g/mol. The first-order valence-corrected chi connectivity index (χ1v) is 7.69. The van der Waals surface area contributed by atoms with E-state index in [-0.39, 0.29) is 12.3 Å². The molecule has 116 valence electrons. The lowest BCUT2D eigenvalue weighted by Gasteiger charge is -2.18. The van der Waals surface area contributed by atoms with E-state index in [4.69, 9.17) is 4.52 Å². The zero-order chi connectivity index (χ0) is 15.4. The van der Waals surface area contributed by atoms with Crippen LogP contribution in [0.4, 0.5) is 5.69 Å². The van der Waals surface area contributed by atoms with E-state index in [0.717, 1.165) is 31.7 Å². The number of anilines is 1. The van der Waals surface area contributed by atoms with Crippen LogP contribution in [0.15, 0.2) is 40.9 Å². The summed E-state index contributed by atoms with van der Waals surface area (Å²) in [5, 5.41) is 6.79. The van der Waals surface area contributed by atoms with Gasteiger partial charge in [-0.3, -0.25) is 4.79 Å². The van der Waals surface area contributed by atoms with E-state index < -0.39 is 0 Å². The topological polar surface area (TPSA) is 58.4 Å². The van der Waals surface area contributed by atoms with Gasteiger partial charge < -0.3 is 14.7 Å². The fourth-order valence-electron chi connectivity index (χ4n) is 2.85. The highest BCUT2D eigenvalue weighted by molar-refractivity contribution is 5.77. The molecular formula is C17H21N3O2. The molecule has 1 amide bonds. The number of para-hydroxylation sites is 1. The summed E-state index contributed by atoms with van der Waals surface area (Å²) < 4.78 is 5.06. The number of aryl methyl sites for hydroxylation is 1. The average molecular weight is 299 g/mol. The zero-order valence-corrected chi connectivity index (χ0v) is 12.8. The normalized spacial score (nSPS) is 17.7. The van der Waals surface area contributed by atoms with Gasteiger partial charge in [-0.1, -0.05) is 23.4 Å². The van der Waals surface area contributed by atoms with Crippen molar-refractivity contribution < 1.29 is 9.32 Å². The van der Waals surface area contributed by atoms with Crippen LogP contribution >= 0.6 is 0 Å². The highest BCUT2D eigenvalue weighted by atomic mass is 16.5. The molecule has 1 fully saturated rings. The van der Waals surface area contributed by atoms with Crippen LogP contribution in [0.2, 0.25) is 0 Å². The fraction of sp³-hybridized carbons (Fsp3) is 0.412. The van der Waals surface area contributed by atoms with Gasteiger partial charge in [0.1, 0.15) is 5.76 Å². The van der Waals surface area contributed by atoms with E-state index in [2.05, 4.69) is 39.6 Å². The third kappa shape index (κ3) is 3.67. The highest BCUT2D eigenvalue weighted by Crippen LogP contribution is 2.22. The first-order chi connectivity index (χ1) is 10.7. The molecule has 5 heteroatoms. The van der Waals surface area contributed by atoms with Gasteiger partial charge in [0.15, 0.2) is 0 Å². The maximum Gasteiger partial charge on any atom is 0.227 e. The predicted octanol–water partition coefficient (Wildman–Crippen LogP) is 2.17. The van der Waals surface area contributed by atoms with E-state index in [0.29, 0.717) is 11.7 Å². The number of hydrogen-bond donors (Lipinski definition) is 1. The van der Waals surface area contributed by atoms with Gasteiger partial charge in [-0.25, -0.2) is 0 Å². The van der Waals surface area contributed by atoms with Crippen LogP contribution < -0.4 is 10.2 Å². The molecule has 2 aromatic rings. The largest absolute Gasteiger partial charge is 0.371 e. The number of nitrogens with zero attached hydrogens (tertiary/aromatic N) is 2. The van der Waals surface area contributed by atoms with Crippen molar-refractivity contribution >= 4 is 11.6 Å². The summed E-state index contributed by atoms with van der Waals surface area (Å²) in [4.78, 5) is 14.3.